The van der Waals surface area contributed by atoms with Crippen LogP contribution in [0.4, 0.5) is 10.5 Å². The zero-order valence-corrected chi connectivity index (χ0v) is 11.8. The predicted molar refractivity (Wildman–Crippen MR) is 79.7 cm³/mol. The molecule has 0 radical (unpaired) electrons. The number of hydrogen-bond donors (Lipinski definition) is 4. The van der Waals surface area contributed by atoms with Gasteiger partial charge in [-0.2, -0.15) is 0 Å². The van der Waals surface area contributed by atoms with Gasteiger partial charge < -0.3 is 21.1 Å². The van der Waals surface area contributed by atoms with Crippen molar-refractivity contribution >= 4 is 17.7 Å². The van der Waals surface area contributed by atoms with Crippen LogP contribution in [0.25, 0.3) is 0 Å². The molecular formula is C14H20N4O3. The van der Waals surface area contributed by atoms with Crippen LogP contribution >= 0.6 is 0 Å². The van der Waals surface area contributed by atoms with Crippen molar-refractivity contribution in [3.8, 4) is 0 Å². The number of amides is 2. The lowest BCUT2D eigenvalue weighted by atomic mass is 10.2. The Kier molecular flexibility index (Phi) is 5.53. The smallest absolute Gasteiger partial charge is 0.335 e. The van der Waals surface area contributed by atoms with E-state index in [0.717, 1.165) is 32.7 Å². The molecule has 1 aliphatic heterocycles. The molecule has 0 aromatic heterocycles. The standard InChI is InChI=1S/C14H20N4O3/c19-13(20)11-2-1-3-12(10-11)17-14(21)16-6-9-18-7-4-15-5-8-18/h1-3,10,15H,4-9H2,(H,19,20)(H2,16,17,21). The summed E-state index contributed by atoms with van der Waals surface area (Å²) in [6.07, 6.45) is 0. The van der Waals surface area contributed by atoms with Gasteiger partial charge in [-0.15, -0.1) is 0 Å². The second-order valence-electron chi connectivity index (χ2n) is 4.86. The van der Waals surface area contributed by atoms with Crippen LogP contribution in [-0.2, 0) is 0 Å². The number of carboxylic acid groups (broad SMARTS) is 1. The SMILES string of the molecule is O=C(NCCN1CCNCC1)Nc1cccc(C(=O)O)c1. The van der Waals surface area contributed by atoms with E-state index in [9.17, 15) is 9.59 Å². The fourth-order valence-corrected chi connectivity index (χ4v) is 2.17. The van der Waals surface area contributed by atoms with Crippen molar-refractivity contribution in [2.45, 2.75) is 0 Å². The van der Waals surface area contributed by atoms with E-state index in [1.165, 1.54) is 12.1 Å². The van der Waals surface area contributed by atoms with Crippen LogP contribution in [-0.4, -0.2) is 61.3 Å². The lowest BCUT2D eigenvalue weighted by Gasteiger charge is -2.27. The zero-order valence-electron chi connectivity index (χ0n) is 11.8. The van der Waals surface area contributed by atoms with Crippen molar-refractivity contribution in [2.24, 2.45) is 0 Å². The van der Waals surface area contributed by atoms with Gasteiger partial charge in [-0.1, -0.05) is 6.07 Å². The van der Waals surface area contributed by atoms with Crippen LogP contribution in [0, 0.1) is 0 Å². The van der Waals surface area contributed by atoms with Gasteiger partial charge in [-0.05, 0) is 18.2 Å². The maximum absolute atomic E-state index is 11.7. The van der Waals surface area contributed by atoms with Gasteiger partial charge in [0.05, 0.1) is 5.56 Å². The lowest BCUT2D eigenvalue weighted by Crippen LogP contribution is -2.46. The van der Waals surface area contributed by atoms with E-state index in [2.05, 4.69) is 20.9 Å². The molecule has 0 bridgehead atoms. The summed E-state index contributed by atoms with van der Waals surface area (Å²) in [7, 11) is 0. The summed E-state index contributed by atoms with van der Waals surface area (Å²) < 4.78 is 0. The Morgan fingerprint density at radius 1 is 1.29 bits per heavy atom. The van der Waals surface area contributed by atoms with E-state index in [0.29, 0.717) is 12.2 Å². The highest BCUT2D eigenvalue weighted by atomic mass is 16.4. The third-order valence-corrected chi connectivity index (χ3v) is 3.29. The van der Waals surface area contributed by atoms with E-state index < -0.39 is 5.97 Å². The number of piperazine rings is 1. The molecule has 0 saturated carbocycles. The van der Waals surface area contributed by atoms with E-state index in [4.69, 9.17) is 5.11 Å². The van der Waals surface area contributed by atoms with Crippen molar-refractivity contribution in [1.82, 2.24) is 15.5 Å². The van der Waals surface area contributed by atoms with Crippen molar-refractivity contribution in [3.05, 3.63) is 29.8 Å². The summed E-state index contributed by atoms with van der Waals surface area (Å²) in [6.45, 7) is 5.31. The summed E-state index contributed by atoms with van der Waals surface area (Å²) in [5.41, 5.74) is 0.614. The van der Waals surface area contributed by atoms with Crippen LogP contribution < -0.4 is 16.0 Å². The first-order chi connectivity index (χ1) is 10.1. The fourth-order valence-electron chi connectivity index (χ4n) is 2.17. The molecule has 0 spiro atoms. The molecule has 1 fully saturated rings. The van der Waals surface area contributed by atoms with Gasteiger partial charge in [-0.3, -0.25) is 4.90 Å². The highest BCUT2D eigenvalue weighted by molar-refractivity contribution is 5.93. The Labute approximate surface area is 123 Å². The Morgan fingerprint density at radius 3 is 2.76 bits per heavy atom. The molecule has 1 saturated heterocycles. The van der Waals surface area contributed by atoms with Crippen LogP contribution in [0.15, 0.2) is 24.3 Å². The molecule has 0 unspecified atom stereocenters. The summed E-state index contributed by atoms with van der Waals surface area (Å²) in [5.74, 6) is -1.02. The summed E-state index contributed by atoms with van der Waals surface area (Å²) >= 11 is 0. The molecule has 7 nitrogen and oxygen atoms in total. The second kappa shape index (κ2) is 7.61. The second-order valence-corrected chi connectivity index (χ2v) is 4.86. The number of aromatic carboxylic acids is 1. The number of benzene rings is 1. The minimum Gasteiger partial charge on any atom is -0.478 e. The summed E-state index contributed by atoms with van der Waals surface area (Å²) in [4.78, 5) is 24.9. The normalized spacial score (nSPS) is 15.4. The number of anilines is 1. The Balaban J connectivity index is 1.73. The lowest BCUT2D eigenvalue weighted by molar-refractivity contribution is 0.0697. The maximum Gasteiger partial charge on any atom is 0.335 e. The molecule has 2 amide bonds. The molecule has 114 valence electrons. The molecule has 7 heteroatoms. The monoisotopic (exact) mass is 292 g/mol. The molecule has 0 aliphatic carbocycles. The van der Waals surface area contributed by atoms with Gasteiger partial charge in [0, 0.05) is 45.0 Å². The van der Waals surface area contributed by atoms with Gasteiger partial charge in [-0.25, -0.2) is 9.59 Å². The summed E-state index contributed by atoms with van der Waals surface area (Å²) in [6, 6.07) is 5.84. The molecule has 2 rings (SSSR count). The minimum absolute atomic E-state index is 0.147. The highest BCUT2D eigenvalue weighted by Crippen LogP contribution is 2.10. The Bertz CT molecular complexity index is 501. The maximum atomic E-state index is 11.7. The van der Waals surface area contributed by atoms with Crippen molar-refractivity contribution < 1.29 is 14.7 Å². The average molecular weight is 292 g/mol. The van der Waals surface area contributed by atoms with Gasteiger partial charge in [0.25, 0.3) is 0 Å². The molecule has 4 N–H and O–H groups in total. The van der Waals surface area contributed by atoms with E-state index >= 15 is 0 Å². The average Bonchev–Trinajstić information content (AvgIpc) is 2.48. The minimum atomic E-state index is -1.02. The largest absolute Gasteiger partial charge is 0.478 e. The van der Waals surface area contributed by atoms with Crippen LogP contribution in [0.3, 0.4) is 0 Å². The van der Waals surface area contributed by atoms with E-state index in [1.807, 2.05) is 0 Å². The first-order valence-corrected chi connectivity index (χ1v) is 6.96. The molecule has 1 aliphatic rings. The topological polar surface area (TPSA) is 93.7 Å². The van der Waals surface area contributed by atoms with Crippen LogP contribution in [0.1, 0.15) is 10.4 Å². The van der Waals surface area contributed by atoms with Crippen molar-refractivity contribution in [2.75, 3.05) is 44.6 Å². The van der Waals surface area contributed by atoms with Gasteiger partial charge in [0.1, 0.15) is 0 Å². The summed E-state index contributed by atoms with van der Waals surface area (Å²) in [5, 5.41) is 17.6. The number of carbonyl (C=O) groups excluding carboxylic acids is 1. The number of rotatable bonds is 5. The van der Waals surface area contributed by atoms with Gasteiger partial charge >= 0.3 is 12.0 Å². The number of nitrogens with one attached hydrogen (secondary N) is 3. The molecule has 1 aromatic rings. The Morgan fingerprint density at radius 2 is 2.05 bits per heavy atom. The fraction of sp³-hybridized carbons (Fsp3) is 0.429. The molecule has 1 aromatic carbocycles. The third kappa shape index (κ3) is 5.05. The molecule has 1 heterocycles. The first-order valence-electron chi connectivity index (χ1n) is 6.96. The van der Waals surface area contributed by atoms with Gasteiger partial charge in [0.15, 0.2) is 0 Å². The van der Waals surface area contributed by atoms with Crippen molar-refractivity contribution in [3.63, 3.8) is 0 Å². The van der Waals surface area contributed by atoms with Crippen LogP contribution in [0.2, 0.25) is 0 Å². The number of urea groups is 1. The number of nitrogens with zero attached hydrogens (tertiary/aromatic N) is 1. The zero-order chi connectivity index (χ0) is 15.1. The first kappa shape index (κ1) is 15.3. The Hall–Kier alpha value is -2.12. The van der Waals surface area contributed by atoms with E-state index in [-0.39, 0.29) is 11.6 Å². The van der Waals surface area contributed by atoms with Gasteiger partial charge in [0.2, 0.25) is 0 Å². The molecular weight excluding hydrogens is 272 g/mol. The quantitative estimate of drug-likeness (QED) is 0.631. The molecule has 21 heavy (non-hydrogen) atoms. The van der Waals surface area contributed by atoms with E-state index in [1.54, 1.807) is 12.1 Å². The molecule has 0 atom stereocenters. The van der Waals surface area contributed by atoms with Crippen LogP contribution in [0.5, 0.6) is 0 Å². The third-order valence-electron chi connectivity index (χ3n) is 3.29. The number of hydrogen-bond acceptors (Lipinski definition) is 4. The van der Waals surface area contributed by atoms with Crippen molar-refractivity contribution in [1.29, 1.82) is 0 Å². The number of carbonyl (C=O) groups is 2. The highest BCUT2D eigenvalue weighted by Gasteiger charge is 2.10. The predicted octanol–water partition coefficient (Wildman–Crippen LogP) is 0.412. The number of carboxylic acids is 1.